The van der Waals surface area contributed by atoms with Crippen LogP contribution in [0, 0.1) is 5.92 Å². The van der Waals surface area contributed by atoms with Crippen molar-refractivity contribution >= 4 is 27.1 Å². The summed E-state index contributed by atoms with van der Waals surface area (Å²) in [4.78, 5) is 11.9. The maximum Gasteiger partial charge on any atom is 0.267 e. The summed E-state index contributed by atoms with van der Waals surface area (Å²) in [7, 11) is -3.81. The summed E-state index contributed by atoms with van der Waals surface area (Å²) in [6.07, 6.45) is 6.61. The van der Waals surface area contributed by atoms with E-state index in [0.29, 0.717) is 17.3 Å². The molecule has 2 rings (SSSR count). The third-order valence-electron chi connectivity index (χ3n) is 3.28. The van der Waals surface area contributed by atoms with E-state index in [0.717, 1.165) is 24.2 Å². The summed E-state index contributed by atoms with van der Waals surface area (Å²) in [5, 5.41) is 12.6. The van der Waals surface area contributed by atoms with Crippen molar-refractivity contribution in [3.63, 3.8) is 0 Å². The molecule has 6 nitrogen and oxygen atoms in total. The van der Waals surface area contributed by atoms with Gasteiger partial charge in [-0.25, -0.2) is 13.6 Å². The number of aromatic nitrogens is 2. The number of Topliss-reactive ketones (excluding diaryl/α,β-unsaturated/α-hetero) is 1. The van der Waals surface area contributed by atoms with E-state index in [1.54, 1.807) is 0 Å². The van der Waals surface area contributed by atoms with Crippen LogP contribution in [0.15, 0.2) is 4.34 Å². The number of carbonyl (C=O) groups excluding carboxylic acids is 1. The number of carbonyl (C=O) groups is 1. The highest BCUT2D eigenvalue weighted by atomic mass is 32.2. The van der Waals surface area contributed by atoms with E-state index < -0.39 is 10.0 Å². The van der Waals surface area contributed by atoms with Crippen molar-refractivity contribution in [1.82, 2.24) is 10.2 Å². The standard InChI is InChI=1S/C11H17N3O3S2/c12-19(16,17)11-14-13-10(18-11)7-9(15)6-8-4-2-1-3-5-8/h8H,1-7H2,(H2,12,16,17). The molecule has 0 bridgehead atoms. The van der Waals surface area contributed by atoms with Crippen LogP contribution in [0.1, 0.15) is 43.5 Å². The molecule has 1 heterocycles. The van der Waals surface area contributed by atoms with E-state index in [1.807, 2.05) is 0 Å². The molecular weight excluding hydrogens is 286 g/mol. The van der Waals surface area contributed by atoms with Crippen molar-refractivity contribution in [2.45, 2.75) is 49.3 Å². The summed E-state index contributed by atoms with van der Waals surface area (Å²) < 4.78 is 21.9. The smallest absolute Gasteiger partial charge is 0.267 e. The largest absolute Gasteiger partial charge is 0.299 e. The van der Waals surface area contributed by atoms with Gasteiger partial charge in [0.1, 0.15) is 10.8 Å². The van der Waals surface area contributed by atoms with Gasteiger partial charge in [-0.1, -0.05) is 43.4 Å². The molecule has 19 heavy (non-hydrogen) atoms. The summed E-state index contributed by atoms with van der Waals surface area (Å²) in [5.74, 6) is 0.580. The van der Waals surface area contributed by atoms with Crippen LogP contribution in [0.2, 0.25) is 0 Å². The van der Waals surface area contributed by atoms with E-state index in [2.05, 4.69) is 10.2 Å². The van der Waals surface area contributed by atoms with Gasteiger partial charge in [0.2, 0.25) is 4.34 Å². The third kappa shape index (κ3) is 4.32. The molecule has 1 saturated carbocycles. The van der Waals surface area contributed by atoms with Gasteiger partial charge in [-0.05, 0) is 5.92 Å². The predicted molar refractivity (Wildman–Crippen MR) is 71.2 cm³/mol. The average molecular weight is 303 g/mol. The number of hydrogen-bond donors (Lipinski definition) is 1. The topological polar surface area (TPSA) is 103 Å². The fourth-order valence-electron chi connectivity index (χ4n) is 2.38. The van der Waals surface area contributed by atoms with Crippen LogP contribution >= 0.6 is 11.3 Å². The van der Waals surface area contributed by atoms with Crippen molar-refractivity contribution in [3.8, 4) is 0 Å². The quantitative estimate of drug-likeness (QED) is 0.882. The molecule has 2 N–H and O–H groups in total. The summed E-state index contributed by atoms with van der Waals surface area (Å²) in [5.41, 5.74) is 0. The molecule has 8 heteroatoms. The van der Waals surface area contributed by atoms with E-state index in [1.165, 1.54) is 19.3 Å². The number of sulfonamides is 1. The Morgan fingerprint density at radius 3 is 2.53 bits per heavy atom. The van der Waals surface area contributed by atoms with Gasteiger partial charge in [-0.2, -0.15) is 0 Å². The Kier molecular flexibility index (Phi) is 4.64. The van der Waals surface area contributed by atoms with Crippen LogP contribution in [-0.2, 0) is 21.2 Å². The van der Waals surface area contributed by atoms with Crippen LogP contribution in [0.5, 0.6) is 0 Å². The zero-order valence-corrected chi connectivity index (χ0v) is 12.2. The molecule has 1 aromatic heterocycles. The van der Waals surface area contributed by atoms with Crippen molar-refractivity contribution in [2.75, 3.05) is 0 Å². The van der Waals surface area contributed by atoms with Gasteiger partial charge in [0.05, 0.1) is 6.42 Å². The minimum atomic E-state index is -3.81. The van der Waals surface area contributed by atoms with Crippen LogP contribution in [0.3, 0.4) is 0 Å². The molecule has 1 aliphatic rings. The Bertz CT molecular complexity index is 547. The van der Waals surface area contributed by atoms with E-state index >= 15 is 0 Å². The molecule has 0 unspecified atom stereocenters. The first kappa shape index (κ1) is 14.5. The van der Waals surface area contributed by atoms with Gasteiger partial charge in [-0.15, -0.1) is 10.2 Å². The molecular formula is C11H17N3O3S2. The summed E-state index contributed by atoms with van der Waals surface area (Å²) >= 11 is 0.874. The number of nitrogens with two attached hydrogens (primary N) is 1. The second kappa shape index (κ2) is 6.06. The highest BCUT2D eigenvalue weighted by molar-refractivity contribution is 7.91. The van der Waals surface area contributed by atoms with Gasteiger partial charge in [0.25, 0.3) is 10.0 Å². The Morgan fingerprint density at radius 2 is 1.95 bits per heavy atom. The Morgan fingerprint density at radius 1 is 1.26 bits per heavy atom. The molecule has 0 aromatic carbocycles. The Labute approximate surface area is 116 Å². The maximum absolute atomic E-state index is 11.9. The molecule has 0 atom stereocenters. The molecule has 1 fully saturated rings. The van der Waals surface area contributed by atoms with Gasteiger partial charge < -0.3 is 0 Å². The van der Waals surface area contributed by atoms with Crippen LogP contribution in [-0.4, -0.2) is 24.4 Å². The highest BCUT2D eigenvalue weighted by Crippen LogP contribution is 2.27. The van der Waals surface area contributed by atoms with Gasteiger partial charge >= 0.3 is 0 Å². The first-order valence-electron chi connectivity index (χ1n) is 6.32. The van der Waals surface area contributed by atoms with Gasteiger partial charge in [0.15, 0.2) is 0 Å². The molecule has 0 saturated heterocycles. The number of rotatable bonds is 5. The maximum atomic E-state index is 11.9. The predicted octanol–water partition coefficient (Wildman–Crippen LogP) is 1.27. The van der Waals surface area contributed by atoms with Crippen LogP contribution in [0.4, 0.5) is 0 Å². The summed E-state index contributed by atoms with van der Waals surface area (Å²) in [6.45, 7) is 0. The Balaban J connectivity index is 1.90. The summed E-state index contributed by atoms with van der Waals surface area (Å²) in [6, 6.07) is 0. The SMILES string of the molecule is NS(=O)(=O)c1nnc(CC(=O)CC2CCCCC2)s1. The Hall–Kier alpha value is -0.860. The minimum absolute atomic E-state index is 0.101. The molecule has 0 amide bonds. The fourth-order valence-corrected chi connectivity index (χ4v) is 3.88. The first-order valence-corrected chi connectivity index (χ1v) is 8.68. The van der Waals surface area contributed by atoms with Crippen LogP contribution in [0.25, 0.3) is 0 Å². The second-order valence-corrected chi connectivity index (χ2v) is 7.73. The molecule has 0 aliphatic heterocycles. The van der Waals surface area contributed by atoms with Crippen molar-refractivity contribution in [1.29, 1.82) is 0 Å². The average Bonchev–Trinajstić information content (AvgIpc) is 2.78. The van der Waals surface area contributed by atoms with E-state index in [4.69, 9.17) is 5.14 Å². The van der Waals surface area contributed by atoms with Gasteiger partial charge in [0, 0.05) is 6.42 Å². The minimum Gasteiger partial charge on any atom is -0.299 e. The lowest BCUT2D eigenvalue weighted by Crippen LogP contribution is -2.13. The number of primary sulfonamides is 1. The van der Waals surface area contributed by atoms with Crippen molar-refractivity contribution < 1.29 is 13.2 Å². The number of ketones is 1. The van der Waals surface area contributed by atoms with Crippen LogP contribution < -0.4 is 5.14 Å². The molecule has 106 valence electrons. The molecule has 0 radical (unpaired) electrons. The van der Waals surface area contributed by atoms with E-state index in [9.17, 15) is 13.2 Å². The molecule has 1 aromatic rings. The highest BCUT2D eigenvalue weighted by Gasteiger charge is 2.20. The van der Waals surface area contributed by atoms with E-state index in [-0.39, 0.29) is 16.5 Å². The van der Waals surface area contributed by atoms with Crippen molar-refractivity contribution in [3.05, 3.63) is 5.01 Å². The zero-order valence-electron chi connectivity index (χ0n) is 10.5. The normalized spacial score (nSPS) is 17.5. The number of nitrogens with zero attached hydrogens (tertiary/aromatic N) is 2. The fraction of sp³-hybridized carbons (Fsp3) is 0.727. The molecule has 0 spiro atoms. The monoisotopic (exact) mass is 303 g/mol. The van der Waals surface area contributed by atoms with Crippen molar-refractivity contribution in [2.24, 2.45) is 11.1 Å². The number of hydrogen-bond acceptors (Lipinski definition) is 6. The third-order valence-corrected chi connectivity index (χ3v) is 5.51. The lowest BCUT2D eigenvalue weighted by molar-refractivity contribution is -0.119. The zero-order chi connectivity index (χ0) is 13.9. The lowest BCUT2D eigenvalue weighted by Gasteiger charge is -2.20. The lowest BCUT2D eigenvalue weighted by atomic mass is 9.85. The second-order valence-electron chi connectivity index (χ2n) is 4.93. The van der Waals surface area contributed by atoms with Gasteiger partial charge in [-0.3, -0.25) is 4.79 Å². The first-order chi connectivity index (χ1) is 8.95. The molecule has 1 aliphatic carbocycles.